The number of rotatable bonds is 5. The summed E-state index contributed by atoms with van der Waals surface area (Å²) in [6.07, 6.45) is 0. The van der Waals surface area contributed by atoms with Gasteiger partial charge in [-0.2, -0.15) is 5.26 Å². The first-order chi connectivity index (χ1) is 12.1. The van der Waals surface area contributed by atoms with Crippen LogP contribution in [0.25, 0.3) is 11.3 Å². The van der Waals surface area contributed by atoms with Gasteiger partial charge >= 0.3 is 0 Å². The second kappa shape index (κ2) is 7.60. The zero-order valence-corrected chi connectivity index (χ0v) is 14.3. The Morgan fingerprint density at radius 2 is 2.12 bits per heavy atom. The third kappa shape index (κ3) is 4.43. The van der Waals surface area contributed by atoms with Crippen molar-refractivity contribution >= 4 is 22.9 Å². The van der Waals surface area contributed by atoms with Gasteiger partial charge in [-0.05, 0) is 37.3 Å². The van der Waals surface area contributed by atoms with Crippen molar-refractivity contribution in [2.24, 2.45) is 0 Å². The number of amides is 1. The lowest BCUT2D eigenvalue weighted by Gasteiger charge is -2.08. The predicted octanol–water partition coefficient (Wildman–Crippen LogP) is 4.01. The summed E-state index contributed by atoms with van der Waals surface area (Å²) in [5.74, 6) is 0.217. The van der Waals surface area contributed by atoms with Crippen LogP contribution in [0.3, 0.4) is 0 Å². The van der Waals surface area contributed by atoms with Crippen LogP contribution in [-0.2, 0) is 4.79 Å². The van der Waals surface area contributed by atoms with Gasteiger partial charge in [0.05, 0.1) is 22.3 Å². The molecule has 1 amide bonds. The summed E-state index contributed by atoms with van der Waals surface area (Å²) in [5.41, 5.74) is 3.01. The first-order valence-electron chi connectivity index (χ1n) is 7.59. The van der Waals surface area contributed by atoms with E-state index in [4.69, 9.17) is 10.00 Å². The van der Waals surface area contributed by atoms with E-state index in [1.165, 1.54) is 0 Å². The van der Waals surface area contributed by atoms with Crippen molar-refractivity contribution in [2.75, 3.05) is 11.9 Å². The second-order valence-corrected chi connectivity index (χ2v) is 6.37. The first-order valence-corrected chi connectivity index (χ1v) is 8.47. The molecule has 1 N–H and O–H groups in total. The molecule has 0 fully saturated rings. The molecule has 0 bridgehead atoms. The SMILES string of the molecule is Cc1nc(-c2cccc(NC(=O)COc3cccc(C#N)c3)c2)cs1. The minimum atomic E-state index is -0.269. The largest absolute Gasteiger partial charge is 0.484 e. The van der Waals surface area contributed by atoms with Gasteiger partial charge in [0.15, 0.2) is 6.61 Å². The van der Waals surface area contributed by atoms with Gasteiger partial charge in [0.2, 0.25) is 0 Å². The molecule has 0 aliphatic carbocycles. The van der Waals surface area contributed by atoms with E-state index in [0.717, 1.165) is 16.3 Å². The standard InChI is InChI=1S/C19H15N3O2S/c1-13-21-18(12-25-13)15-5-3-6-16(9-15)22-19(23)11-24-17-7-2-4-14(8-17)10-20/h2-9,12H,11H2,1H3,(H,22,23). The Hall–Kier alpha value is -3.17. The number of aryl methyl sites for hydroxylation is 1. The van der Waals surface area contributed by atoms with Gasteiger partial charge in [0.25, 0.3) is 5.91 Å². The van der Waals surface area contributed by atoms with E-state index in [-0.39, 0.29) is 12.5 Å². The minimum absolute atomic E-state index is 0.130. The molecule has 2 aromatic carbocycles. The number of thiazole rings is 1. The highest BCUT2D eigenvalue weighted by Crippen LogP contribution is 2.24. The fraction of sp³-hybridized carbons (Fsp3) is 0.105. The molecule has 1 aromatic heterocycles. The van der Waals surface area contributed by atoms with E-state index < -0.39 is 0 Å². The van der Waals surface area contributed by atoms with Crippen LogP contribution in [0.5, 0.6) is 5.75 Å². The molecule has 5 nitrogen and oxygen atoms in total. The van der Waals surface area contributed by atoms with Gasteiger partial charge in [-0.15, -0.1) is 11.3 Å². The number of hydrogen-bond donors (Lipinski definition) is 1. The average Bonchev–Trinajstić information content (AvgIpc) is 3.07. The summed E-state index contributed by atoms with van der Waals surface area (Å²) in [4.78, 5) is 16.5. The quantitative estimate of drug-likeness (QED) is 0.755. The molecule has 0 spiro atoms. The van der Waals surface area contributed by atoms with E-state index in [0.29, 0.717) is 17.0 Å². The number of carbonyl (C=O) groups is 1. The molecule has 0 radical (unpaired) electrons. The third-order valence-electron chi connectivity index (χ3n) is 3.39. The maximum absolute atomic E-state index is 12.1. The molecule has 1 heterocycles. The van der Waals surface area contributed by atoms with Crippen LogP contribution in [0.2, 0.25) is 0 Å². The summed E-state index contributed by atoms with van der Waals surface area (Å²) in [6.45, 7) is 1.83. The first kappa shape index (κ1) is 16.7. The van der Waals surface area contributed by atoms with Gasteiger partial charge < -0.3 is 10.1 Å². The Bertz CT molecular complexity index is 944. The number of hydrogen-bond acceptors (Lipinski definition) is 5. The fourth-order valence-corrected chi connectivity index (χ4v) is 2.88. The molecule has 0 saturated heterocycles. The van der Waals surface area contributed by atoms with Crippen LogP contribution in [0.1, 0.15) is 10.6 Å². The highest BCUT2D eigenvalue weighted by atomic mass is 32.1. The fourth-order valence-electron chi connectivity index (χ4n) is 2.25. The van der Waals surface area contributed by atoms with Crippen LogP contribution in [0.4, 0.5) is 5.69 Å². The minimum Gasteiger partial charge on any atom is -0.484 e. The molecule has 124 valence electrons. The number of aromatic nitrogens is 1. The maximum Gasteiger partial charge on any atom is 0.262 e. The highest BCUT2D eigenvalue weighted by Gasteiger charge is 2.07. The number of nitrogens with one attached hydrogen (secondary N) is 1. The Labute approximate surface area is 149 Å². The Morgan fingerprint density at radius 1 is 1.28 bits per heavy atom. The summed E-state index contributed by atoms with van der Waals surface area (Å²) >= 11 is 1.59. The van der Waals surface area contributed by atoms with Crippen molar-refractivity contribution in [3.8, 4) is 23.1 Å². The number of benzene rings is 2. The van der Waals surface area contributed by atoms with Crippen molar-refractivity contribution < 1.29 is 9.53 Å². The van der Waals surface area contributed by atoms with E-state index in [1.54, 1.807) is 35.6 Å². The molecule has 3 aromatic rings. The molecule has 0 atom stereocenters. The Balaban J connectivity index is 1.62. The predicted molar refractivity (Wildman–Crippen MR) is 97.6 cm³/mol. The highest BCUT2D eigenvalue weighted by molar-refractivity contribution is 7.09. The van der Waals surface area contributed by atoms with Crippen molar-refractivity contribution in [1.29, 1.82) is 5.26 Å². The molecule has 0 aliphatic rings. The van der Waals surface area contributed by atoms with Gasteiger partial charge in [-0.1, -0.05) is 18.2 Å². The third-order valence-corrected chi connectivity index (χ3v) is 4.17. The van der Waals surface area contributed by atoms with E-state index in [2.05, 4.69) is 10.3 Å². The topological polar surface area (TPSA) is 75.0 Å². The van der Waals surface area contributed by atoms with Crippen molar-refractivity contribution in [3.63, 3.8) is 0 Å². The zero-order chi connectivity index (χ0) is 17.6. The Kier molecular flexibility index (Phi) is 5.07. The van der Waals surface area contributed by atoms with Gasteiger partial charge in [-0.3, -0.25) is 4.79 Å². The van der Waals surface area contributed by atoms with Crippen molar-refractivity contribution in [1.82, 2.24) is 4.98 Å². The lowest BCUT2D eigenvalue weighted by molar-refractivity contribution is -0.118. The van der Waals surface area contributed by atoms with Crippen LogP contribution in [-0.4, -0.2) is 17.5 Å². The zero-order valence-electron chi connectivity index (χ0n) is 13.5. The lowest BCUT2D eigenvalue weighted by Crippen LogP contribution is -2.20. The van der Waals surface area contributed by atoms with Gasteiger partial charge in [-0.25, -0.2) is 4.98 Å². The number of anilines is 1. The van der Waals surface area contributed by atoms with Crippen LogP contribution < -0.4 is 10.1 Å². The lowest BCUT2D eigenvalue weighted by atomic mass is 10.1. The smallest absolute Gasteiger partial charge is 0.262 e. The van der Waals surface area contributed by atoms with E-state index >= 15 is 0 Å². The van der Waals surface area contributed by atoms with Gasteiger partial charge in [0, 0.05) is 16.6 Å². The molecular weight excluding hydrogens is 334 g/mol. The molecule has 0 saturated carbocycles. The number of ether oxygens (including phenoxy) is 1. The Morgan fingerprint density at radius 3 is 2.88 bits per heavy atom. The summed E-state index contributed by atoms with van der Waals surface area (Å²) in [7, 11) is 0. The monoisotopic (exact) mass is 349 g/mol. The molecule has 0 aliphatic heterocycles. The van der Waals surface area contributed by atoms with E-state index in [1.807, 2.05) is 42.6 Å². The van der Waals surface area contributed by atoms with Crippen molar-refractivity contribution in [3.05, 3.63) is 64.5 Å². The number of carbonyl (C=O) groups excluding carboxylic acids is 1. The number of nitrogens with zero attached hydrogens (tertiary/aromatic N) is 2. The summed E-state index contributed by atoms with van der Waals surface area (Å²) in [5, 5.41) is 14.7. The normalized spacial score (nSPS) is 10.1. The van der Waals surface area contributed by atoms with Crippen molar-refractivity contribution in [2.45, 2.75) is 6.92 Å². The summed E-state index contributed by atoms with van der Waals surface area (Å²) < 4.78 is 5.43. The van der Waals surface area contributed by atoms with E-state index in [9.17, 15) is 4.79 Å². The van der Waals surface area contributed by atoms with Gasteiger partial charge in [0.1, 0.15) is 5.75 Å². The molecule has 6 heteroatoms. The van der Waals surface area contributed by atoms with Crippen LogP contribution in [0, 0.1) is 18.3 Å². The number of nitriles is 1. The molecular formula is C19H15N3O2S. The molecule has 3 rings (SSSR count). The molecule has 0 unspecified atom stereocenters. The average molecular weight is 349 g/mol. The van der Waals surface area contributed by atoms with Crippen LogP contribution >= 0.6 is 11.3 Å². The summed E-state index contributed by atoms with van der Waals surface area (Å²) in [6, 6.07) is 16.2. The molecule has 25 heavy (non-hydrogen) atoms. The maximum atomic E-state index is 12.1. The van der Waals surface area contributed by atoms with Crippen LogP contribution in [0.15, 0.2) is 53.9 Å². The second-order valence-electron chi connectivity index (χ2n) is 5.31.